The Bertz CT molecular complexity index is 735. The summed E-state index contributed by atoms with van der Waals surface area (Å²) >= 11 is 0. The molecule has 3 heterocycles. The smallest absolute Gasteiger partial charge is 0.265 e. The van der Waals surface area contributed by atoms with Crippen LogP contribution in [0.15, 0.2) is 18.2 Å². The average molecular weight is 389 g/mol. The minimum Gasteiger partial charge on any atom is -0.482 e. The lowest BCUT2D eigenvalue weighted by Crippen LogP contribution is -2.56. The fraction of sp³-hybridized carbons (Fsp3) is 0.696. The summed E-state index contributed by atoms with van der Waals surface area (Å²) in [4.78, 5) is 17.0. The Morgan fingerprint density at radius 2 is 2.07 bits per heavy atom. The molecule has 5 heteroatoms. The second-order valence-electron chi connectivity index (χ2n) is 9.16. The largest absolute Gasteiger partial charge is 0.482 e. The number of hydrogen-bond donors (Lipinski definition) is 0. The lowest BCUT2D eigenvalue weighted by Gasteiger charge is -2.50. The number of nitrogens with zero attached hydrogens (tertiary/aromatic N) is 2. The van der Waals surface area contributed by atoms with Gasteiger partial charge in [-0.15, -0.1) is 0 Å². The van der Waals surface area contributed by atoms with Crippen LogP contribution in [0.3, 0.4) is 0 Å². The van der Waals surface area contributed by atoms with Gasteiger partial charge in [0.05, 0.1) is 5.69 Å². The molecule has 0 radical (unpaired) electrons. The van der Waals surface area contributed by atoms with Crippen molar-refractivity contribution < 1.29 is 13.9 Å². The maximum atomic E-state index is 13.8. The Kier molecular flexibility index (Phi) is 5.38. The first-order chi connectivity index (χ1) is 13.4. The Labute approximate surface area is 168 Å². The molecule has 2 fully saturated rings. The first kappa shape index (κ1) is 19.7. The van der Waals surface area contributed by atoms with Gasteiger partial charge in [-0.05, 0) is 49.7 Å². The fourth-order valence-electron chi connectivity index (χ4n) is 5.86. The van der Waals surface area contributed by atoms with Crippen LogP contribution < -0.4 is 9.64 Å². The van der Waals surface area contributed by atoms with E-state index in [4.69, 9.17) is 4.74 Å². The summed E-state index contributed by atoms with van der Waals surface area (Å²) in [6.45, 7) is 8.59. The number of ether oxygens (including phenoxy) is 1. The molecule has 4 atom stereocenters. The molecule has 0 aliphatic carbocycles. The maximum Gasteiger partial charge on any atom is 0.265 e. The van der Waals surface area contributed by atoms with Gasteiger partial charge >= 0.3 is 0 Å². The van der Waals surface area contributed by atoms with Gasteiger partial charge in [0.15, 0.2) is 6.61 Å². The van der Waals surface area contributed by atoms with E-state index < -0.39 is 0 Å². The van der Waals surface area contributed by atoms with Crippen LogP contribution in [-0.2, 0) is 4.79 Å². The van der Waals surface area contributed by atoms with Gasteiger partial charge in [0.2, 0.25) is 0 Å². The van der Waals surface area contributed by atoms with E-state index in [0.717, 1.165) is 6.54 Å². The Hall–Kier alpha value is -1.62. The molecule has 3 aliphatic rings. The molecule has 28 heavy (non-hydrogen) atoms. The van der Waals surface area contributed by atoms with Crippen molar-refractivity contribution in [2.24, 2.45) is 11.8 Å². The SMILES string of the molecule is CCC(C)[C@@]12CCC[C@@H](CC1)N2CC(C)CN1C(=O)COc2ccc(F)cc21. The zero-order chi connectivity index (χ0) is 19.9. The van der Waals surface area contributed by atoms with Crippen molar-refractivity contribution in [2.75, 3.05) is 24.6 Å². The summed E-state index contributed by atoms with van der Waals surface area (Å²) in [6, 6.07) is 5.12. The van der Waals surface area contributed by atoms with Crippen LogP contribution in [0.1, 0.15) is 59.3 Å². The van der Waals surface area contributed by atoms with Gasteiger partial charge in [0.25, 0.3) is 5.91 Å². The maximum absolute atomic E-state index is 13.8. The summed E-state index contributed by atoms with van der Waals surface area (Å²) in [5.41, 5.74) is 0.909. The zero-order valence-electron chi connectivity index (χ0n) is 17.4. The van der Waals surface area contributed by atoms with Gasteiger partial charge in [0, 0.05) is 30.7 Å². The van der Waals surface area contributed by atoms with E-state index in [0.29, 0.717) is 41.4 Å². The third kappa shape index (κ3) is 3.32. The Morgan fingerprint density at radius 3 is 2.86 bits per heavy atom. The standard InChI is InChI=1S/C23H33FN2O2/c1-4-17(3)23-10-5-6-19(9-11-23)26(23)14-16(2)13-25-20-12-18(24)7-8-21(20)28-15-22(25)27/h7-8,12,16-17,19H,4-6,9-11,13-15H2,1-3H3/t16?,17?,19-,23+/m0/s1. The monoisotopic (exact) mass is 388 g/mol. The number of carbonyl (C=O) groups excluding carboxylic acids is 1. The van der Waals surface area contributed by atoms with Crippen molar-refractivity contribution in [1.29, 1.82) is 0 Å². The molecular formula is C23H33FN2O2. The highest BCUT2D eigenvalue weighted by Crippen LogP contribution is 2.49. The Morgan fingerprint density at radius 1 is 1.25 bits per heavy atom. The van der Waals surface area contributed by atoms with Crippen LogP contribution in [0.25, 0.3) is 0 Å². The molecule has 2 saturated heterocycles. The average Bonchev–Trinajstić information content (AvgIpc) is 2.88. The summed E-state index contributed by atoms with van der Waals surface area (Å²) in [7, 11) is 0. The van der Waals surface area contributed by atoms with Crippen molar-refractivity contribution in [1.82, 2.24) is 4.90 Å². The van der Waals surface area contributed by atoms with Crippen LogP contribution in [-0.4, -0.2) is 42.1 Å². The molecule has 1 aromatic carbocycles. The van der Waals surface area contributed by atoms with E-state index in [1.54, 1.807) is 11.0 Å². The van der Waals surface area contributed by atoms with Crippen LogP contribution in [0.2, 0.25) is 0 Å². The molecule has 4 rings (SSSR count). The lowest BCUT2D eigenvalue weighted by molar-refractivity contribution is -0.121. The number of halogens is 1. The normalized spacial score (nSPS) is 29.4. The highest BCUT2D eigenvalue weighted by atomic mass is 19.1. The first-order valence-electron chi connectivity index (χ1n) is 10.9. The topological polar surface area (TPSA) is 32.8 Å². The third-order valence-corrected chi connectivity index (χ3v) is 7.47. The molecule has 0 spiro atoms. The summed E-state index contributed by atoms with van der Waals surface area (Å²) in [5, 5.41) is 0. The van der Waals surface area contributed by atoms with Gasteiger partial charge in [-0.3, -0.25) is 9.69 Å². The van der Waals surface area contributed by atoms with Gasteiger partial charge in [0.1, 0.15) is 11.6 Å². The number of rotatable bonds is 6. The van der Waals surface area contributed by atoms with E-state index in [1.165, 1.54) is 50.7 Å². The molecule has 0 N–H and O–H groups in total. The van der Waals surface area contributed by atoms with Gasteiger partial charge in [-0.25, -0.2) is 4.39 Å². The summed E-state index contributed by atoms with van der Waals surface area (Å²) in [5.74, 6) is 1.20. The number of benzene rings is 1. The molecule has 1 amide bonds. The number of piperidine rings is 1. The van der Waals surface area contributed by atoms with E-state index in [9.17, 15) is 9.18 Å². The predicted molar refractivity (Wildman–Crippen MR) is 109 cm³/mol. The van der Waals surface area contributed by atoms with Crippen molar-refractivity contribution >= 4 is 11.6 Å². The zero-order valence-corrected chi connectivity index (χ0v) is 17.4. The molecule has 2 bridgehead atoms. The minimum absolute atomic E-state index is 0.0362. The van der Waals surface area contributed by atoms with Crippen molar-refractivity contribution in [3.63, 3.8) is 0 Å². The number of anilines is 1. The molecule has 2 unspecified atom stereocenters. The van der Waals surface area contributed by atoms with E-state index in [1.807, 2.05) is 0 Å². The fourth-order valence-corrected chi connectivity index (χ4v) is 5.86. The molecule has 154 valence electrons. The number of hydrogen-bond acceptors (Lipinski definition) is 3. The molecule has 3 aliphatic heterocycles. The summed E-state index contributed by atoms with van der Waals surface area (Å²) < 4.78 is 19.3. The van der Waals surface area contributed by atoms with Crippen molar-refractivity contribution in [2.45, 2.75) is 70.9 Å². The third-order valence-electron chi connectivity index (χ3n) is 7.47. The molecule has 0 aromatic heterocycles. The van der Waals surface area contributed by atoms with E-state index in [-0.39, 0.29) is 18.3 Å². The number of amides is 1. The summed E-state index contributed by atoms with van der Waals surface area (Å²) in [6.07, 6.45) is 7.78. The predicted octanol–water partition coefficient (Wildman–Crippen LogP) is 4.62. The van der Waals surface area contributed by atoms with Crippen LogP contribution in [0.5, 0.6) is 5.75 Å². The highest BCUT2D eigenvalue weighted by Gasteiger charge is 2.51. The van der Waals surface area contributed by atoms with Crippen LogP contribution in [0, 0.1) is 17.7 Å². The van der Waals surface area contributed by atoms with Crippen molar-refractivity contribution in [3.05, 3.63) is 24.0 Å². The molecule has 1 aromatic rings. The number of carbonyl (C=O) groups is 1. The molecule has 4 nitrogen and oxygen atoms in total. The quantitative estimate of drug-likeness (QED) is 0.713. The van der Waals surface area contributed by atoms with E-state index in [2.05, 4.69) is 25.7 Å². The van der Waals surface area contributed by atoms with Crippen LogP contribution >= 0.6 is 0 Å². The molecule has 0 saturated carbocycles. The van der Waals surface area contributed by atoms with Gasteiger partial charge in [-0.2, -0.15) is 0 Å². The second kappa shape index (κ2) is 7.66. The second-order valence-corrected chi connectivity index (χ2v) is 9.16. The lowest BCUT2D eigenvalue weighted by atomic mass is 9.76. The minimum atomic E-state index is -0.334. The number of fused-ring (bicyclic) bond motifs is 3. The van der Waals surface area contributed by atoms with Gasteiger partial charge in [-0.1, -0.05) is 33.6 Å². The highest BCUT2D eigenvalue weighted by molar-refractivity contribution is 5.97. The van der Waals surface area contributed by atoms with Crippen molar-refractivity contribution in [3.8, 4) is 5.75 Å². The Balaban J connectivity index is 1.51. The van der Waals surface area contributed by atoms with E-state index >= 15 is 0 Å². The molecular weight excluding hydrogens is 355 g/mol. The van der Waals surface area contributed by atoms with Gasteiger partial charge < -0.3 is 9.64 Å². The first-order valence-corrected chi connectivity index (χ1v) is 10.9. The van der Waals surface area contributed by atoms with Crippen LogP contribution in [0.4, 0.5) is 10.1 Å².